The number of rotatable bonds is 11. The molecule has 0 unspecified atom stereocenters. The van der Waals surface area contributed by atoms with Gasteiger partial charge in [0.1, 0.15) is 13.2 Å². The van der Waals surface area contributed by atoms with Crippen molar-refractivity contribution in [1.29, 1.82) is 0 Å². The predicted molar refractivity (Wildman–Crippen MR) is 112 cm³/mol. The Bertz CT molecular complexity index is 614. The van der Waals surface area contributed by atoms with E-state index in [4.69, 9.17) is 9.47 Å². The molecule has 0 radical (unpaired) electrons. The van der Waals surface area contributed by atoms with Crippen LogP contribution in [-0.2, 0) is 11.2 Å². The van der Waals surface area contributed by atoms with Crippen molar-refractivity contribution in [3.05, 3.63) is 23.8 Å². The fraction of sp³-hybridized carbons (Fsp3) is 0.696. The van der Waals surface area contributed by atoms with Crippen molar-refractivity contribution in [3.8, 4) is 11.5 Å². The first-order valence-electron chi connectivity index (χ1n) is 11.1. The summed E-state index contributed by atoms with van der Waals surface area (Å²) < 4.78 is 11.3. The summed E-state index contributed by atoms with van der Waals surface area (Å²) >= 11 is 0. The Hall–Kier alpha value is -1.75. The molecule has 0 spiro atoms. The monoisotopic (exact) mass is 388 g/mol. The Morgan fingerprint density at radius 3 is 2.61 bits per heavy atom. The zero-order chi connectivity index (χ0) is 19.6. The molecule has 3 rings (SSSR count). The van der Waals surface area contributed by atoms with E-state index in [0.717, 1.165) is 50.4 Å². The van der Waals surface area contributed by atoms with Crippen molar-refractivity contribution in [2.45, 2.75) is 70.8 Å². The van der Waals surface area contributed by atoms with Crippen molar-refractivity contribution in [1.82, 2.24) is 10.2 Å². The minimum absolute atomic E-state index is 0.142. The number of fused-ring (bicyclic) bond motifs is 1. The average Bonchev–Trinajstić information content (AvgIpc) is 3.20. The Morgan fingerprint density at radius 2 is 1.82 bits per heavy atom. The van der Waals surface area contributed by atoms with Crippen molar-refractivity contribution in [2.75, 3.05) is 32.8 Å². The number of carbonyl (C=O) groups is 1. The fourth-order valence-corrected chi connectivity index (χ4v) is 4.13. The van der Waals surface area contributed by atoms with Gasteiger partial charge < -0.3 is 19.7 Å². The third kappa shape index (κ3) is 6.69. The smallest absolute Gasteiger partial charge is 0.220 e. The standard InChI is InChI=1S/C23H36N2O3/c1-2-3-4-5-6-9-23(26)24-20(18-25-12-7-8-13-25)16-19-10-11-21-22(17-19)28-15-14-27-21/h10-11,17,20H,2-9,12-16,18H2,1H3,(H,24,26)/t20-/m1/s1. The summed E-state index contributed by atoms with van der Waals surface area (Å²) in [5.41, 5.74) is 1.19. The molecule has 28 heavy (non-hydrogen) atoms. The maximum atomic E-state index is 12.5. The summed E-state index contributed by atoms with van der Waals surface area (Å²) in [6.07, 6.45) is 9.88. The topological polar surface area (TPSA) is 50.8 Å². The molecule has 1 aromatic rings. The lowest BCUT2D eigenvalue weighted by molar-refractivity contribution is -0.122. The Morgan fingerprint density at radius 1 is 1.07 bits per heavy atom. The number of carbonyl (C=O) groups excluding carboxylic acids is 1. The van der Waals surface area contributed by atoms with Gasteiger partial charge in [-0.05, 0) is 56.5 Å². The van der Waals surface area contributed by atoms with E-state index >= 15 is 0 Å². The van der Waals surface area contributed by atoms with Gasteiger partial charge in [-0.2, -0.15) is 0 Å². The molecule has 2 aliphatic rings. The molecule has 0 saturated carbocycles. The van der Waals surface area contributed by atoms with Crippen molar-refractivity contribution >= 4 is 5.91 Å². The minimum atomic E-state index is 0.142. The summed E-state index contributed by atoms with van der Waals surface area (Å²) in [6, 6.07) is 6.31. The van der Waals surface area contributed by atoms with Gasteiger partial charge in [0.25, 0.3) is 0 Å². The first kappa shape index (κ1) is 21.0. The van der Waals surface area contributed by atoms with Crippen molar-refractivity contribution in [2.24, 2.45) is 0 Å². The molecular weight excluding hydrogens is 352 g/mol. The molecule has 2 aliphatic heterocycles. The van der Waals surface area contributed by atoms with Crippen molar-refractivity contribution < 1.29 is 14.3 Å². The Balaban J connectivity index is 1.54. The number of hydrogen-bond donors (Lipinski definition) is 1. The van der Waals surface area contributed by atoms with E-state index in [-0.39, 0.29) is 11.9 Å². The zero-order valence-electron chi connectivity index (χ0n) is 17.4. The summed E-state index contributed by atoms with van der Waals surface area (Å²) in [6.45, 7) is 6.64. The molecule has 5 heteroatoms. The van der Waals surface area contributed by atoms with Gasteiger partial charge in [-0.15, -0.1) is 0 Å². The predicted octanol–water partition coefficient (Wildman–Crippen LogP) is 3.94. The molecule has 0 aromatic heterocycles. The van der Waals surface area contributed by atoms with Crippen LogP contribution < -0.4 is 14.8 Å². The average molecular weight is 389 g/mol. The van der Waals surface area contributed by atoms with Crippen LogP contribution in [-0.4, -0.2) is 49.7 Å². The lowest BCUT2D eigenvalue weighted by atomic mass is 10.0. The number of unbranched alkanes of at least 4 members (excludes halogenated alkanes) is 4. The molecular formula is C23H36N2O3. The third-order valence-corrected chi connectivity index (χ3v) is 5.64. The highest BCUT2D eigenvalue weighted by molar-refractivity contribution is 5.76. The SMILES string of the molecule is CCCCCCCC(=O)N[C@H](Cc1ccc2c(c1)OCCO2)CN1CCCC1. The number of hydrogen-bond acceptors (Lipinski definition) is 4. The normalized spacial score (nSPS) is 17.5. The van der Waals surface area contributed by atoms with E-state index in [1.54, 1.807) is 0 Å². The zero-order valence-corrected chi connectivity index (χ0v) is 17.4. The van der Waals surface area contributed by atoms with Crippen LogP contribution in [0.25, 0.3) is 0 Å². The summed E-state index contributed by atoms with van der Waals surface area (Å²) in [7, 11) is 0. The number of ether oxygens (including phenoxy) is 2. The summed E-state index contributed by atoms with van der Waals surface area (Å²) in [4.78, 5) is 15.0. The summed E-state index contributed by atoms with van der Waals surface area (Å²) in [5, 5.41) is 3.31. The van der Waals surface area contributed by atoms with E-state index in [2.05, 4.69) is 29.3 Å². The van der Waals surface area contributed by atoms with Gasteiger partial charge in [0.2, 0.25) is 5.91 Å². The molecule has 5 nitrogen and oxygen atoms in total. The highest BCUT2D eigenvalue weighted by Crippen LogP contribution is 2.31. The maximum Gasteiger partial charge on any atom is 0.220 e. The molecule has 1 aromatic carbocycles. The van der Waals surface area contributed by atoms with E-state index in [1.165, 1.54) is 37.7 Å². The minimum Gasteiger partial charge on any atom is -0.486 e. The number of benzene rings is 1. The molecule has 1 fully saturated rings. The number of nitrogens with one attached hydrogen (secondary N) is 1. The molecule has 1 N–H and O–H groups in total. The second kappa shape index (κ2) is 11.3. The maximum absolute atomic E-state index is 12.5. The van der Waals surface area contributed by atoms with Gasteiger partial charge in [0, 0.05) is 19.0 Å². The van der Waals surface area contributed by atoms with Gasteiger partial charge in [0.15, 0.2) is 11.5 Å². The molecule has 1 atom stereocenters. The van der Waals surface area contributed by atoms with E-state index < -0.39 is 0 Å². The van der Waals surface area contributed by atoms with Gasteiger partial charge in [-0.3, -0.25) is 4.79 Å². The highest BCUT2D eigenvalue weighted by atomic mass is 16.6. The second-order valence-corrected chi connectivity index (χ2v) is 8.12. The van der Waals surface area contributed by atoms with E-state index in [0.29, 0.717) is 19.6 Å². The van der Waals surface area contributed by atoms with Gasteiger partial charge in [-0.25, -0.2) is 0 Å². The lowest BCUT2D eigenvalue weighted by Crippen LogP contribution is -2.44. The summed E-state index contributed by atoms with van der Waals surface area (Å²) in [5.74, 6) is 1.84. The quantitative estimate of drug-likeness (QED) is 0.584. The molecule has 156 valence electrons. The van der Waals surface area contributed by atoms with Crippen LogP contribution in [0, 0.1) is 0 Å². The molecule has 0 aliphatic carbocycles. The van der Waals surface area contributed by atoms with Crippen LogP contribution in [0.1, 0.15) is 63.9 Å². The molecule has 0 bridgehead atoms. The molecule has 2 heterocycles. The van der Waals surface area contributed by atoms with Crippen LogP contribution in [0.2, 0.25) is 0 Å². The first-order chi connectivity index (χ1) is 13.7. The van der Waals surface area contributed by atoms with Crippen LogP contribution in [0.3, 0.4) is 0 Å². The largest absolute Gasteiger partial charge is 0.486 e. The van der Waals surface area contributed by atoms with Gasteiger partial charge in [0.05, 0.1) is 0 Å². The van der Waals surface area contributed by atoms with Crippen LogP contribution in [0.5, 0.6) is 11.5 Å². The molecule has 1 saturated heterocycles. The number of amides is 1. The Labute approximate surface area is 169 Å². The number of nitrogens with zero attached hydrogens (tertiary/aromatic N) is 1. The lowest BCUT2D eigenvalue weighted by Gasteiger charge is -2.25. The van der Waals surface area contributed by atoms with Crippen LogP contribution >= 0.6 is 0 Å². The Kier molecular flexibility index (Phi) is 8.46. The molecule has 1 amide bonds. The van der Waals surface area contributed by atoms with Gasteiger partial charge >= 0.3 is 0 Å². The number of likely N-dealkylation sites (tertiary alicyclic amines) is 1. The van der Waals surface area contributed by atoms with E-state index in [1.807, 2.05) is 6.07 Å². The first-order valence-corrected chi connectivity index (χ1v) is 11.1. The van der Waals surface area contributed by atoms with Gasteiger partial charge in [-0.1, -0.05) is 38.7 Å². The second-order valence-electron chi connectivity index (χ2n) is 8.12. The third-order valence-electron chi connectivity index (χ3n) is 5.64. The van der Waals surface area contributed by atoms with Crippen molar-refractivity contribution in [3.63, 3.8) is 0 Å². The highest BCUT2D eigenvalue weighted by Gasteiger charge is 2.21. The van der Waals surface area contributed by atoms with Crippen LogP contribution in [0.4, 0.5) is 0 Å². The van der Waals surface area contributed by atoms with E-state index in [9.17, 15) is 4.79 Å². The fourth-order valence-electron chi connectivity index (χ4n) is 4.13. The van der Waals surface area contributed by atoms with Crippen LogP contribution in [0.15, 0.2) is 18.2 Å².